The van der Waals surface area contributed by atoms with Gasteiger partial charge < -0.3 is 24.0 Å². The molecule has 2 amide bonds. The van der Waals surface area contributed by atoms with E-state index < -0.39 is 0 Å². The van der Waals surface area contributed by atoms with Crippen molar-refractivity contribution in [1.82, 2.24) is 14.7 Å². The number of carbonyl (C=O) groups is 1. The van der Waals surface area contributed by atoms with E-state index in [1.165, 1.54) is 11.1 Å². The van der Waals surface area contributed by atoms with Gasteiger partial charge in [-0.1, -0.05) is 66.7 Å². The zero-order chi connectivity index (χ0) is 30.8. The number of hydrogen-bond acceptors (Lipinski definition) is 5. The first-order valence-corrected chi connectivity index (χ1v) is 16.0. The van der Waals surface area contributed by atoms with Gasteiger partial charge in [0.2, 0.25) is 0 Å². The SMILES string of the molecule is COc1ccc(CN2C[C@]3(CC[C@](c4ccccc4)(N(C)C)CC3)N(CC3(OCc4ccccc4)CCC3)C2=O)cc1OC. The number of methoxy groups -OCH3 is 2. The summed E-state index contributed by atoms with van der Waals surface area (Å²) in [4.78, 5) is 21.1. The molecule has 1 heterocycles. The van der Waals surface area contributed by atoms with Crippen LogP contribution in [0.2, 0.25) is 0 Å². The van der Waals surface area contributed by atoms with Crippen LogP contribution in [0.1, 0.15) is 61.6 Å². The van der Waals surface area contributed by atoms with E-state index in [0.29, 0.717) is 37.7 Å². The third-order valence-corrected chi connectivity index (χ3v) is 10.7. The Hall–Kier alpha value is -3.55. The maximum atomic E-state index is 14.4. The van der Waals surface area contributed by atoms with Crippen LogP contribution in [-0.4, -0.2) is 73.3 Å². The summed E-state index contributed by atoms with van der Waals surface area (Å²) in [5, 5.41) is 0. The van der Waals surface area contributed by atoms with Gasteiger partial charge in [-0.3, -0.25) is 4.90 Å². The molecule has 0 atom stereocenters. The number of nitrogens with zero attached hydrogens (tertiary/aromatic N) is 3. The van der Waals surface area contributed by atoms with Crippen LogP contribution in [0, 0.1) is 0 Å². The first kappa shape index (κ1) is 30.5. The summed E-state index contributed by atoms with van der Waals surface area (Å²) in [6, 6.07) is 27.4. The highest BCUT2D eigenvalue weighted by molar-refractivity contribution is 5.78. The Balaban J connectivity index is 1.28. The predicted octanol–water partition coefficient (Wildman–Crippen LogP) is 6.85. The average molecular weight is 598 g/mol. The lowest BCUT2D eigenvalue weighted by Gasteiger charge is -2.53. The predicted molar refractivity (Wildman–Crippen MR) is 173 cm³/mol. The van der Waals surface area contributed by atoms with Gasteiger partial charge in [0.1, 0.15) is 0 Å². The zero-order valence-corrected chi connectivity index (χ0v) is 26.8. The second-order valence-corrected chi connectivity index (χ2v) is 13.2. The molecule has 44 heavy (non-hydrogen) atoms. The molecule has 1 saturated heterocycles. The molecule has 2 aliphatic carbocycles. The third kappa shape index (κ3) is 5.68. The summed E-state index contributed by atoms with van der Waals surface area (Å²) in [5.74, 6) is 1.38. The third-order valence-electron chi connectivity index (χ3n) is 10.7. The highest BCUT2D eigenvalue weighted by Gasteiger charge is 2.56. The van der Waals surface area contributed by atoms with Gasteiger partial charge in [0.05, 0.1) is 38.5 Å². The maximum Gasteiger partial charge on any atom is 0.321 e. The van der Waals surface area contributed by atoms with Gasteiger partial charge in [-0.2, -0.15) is 0 Å². The Bertz CT molecular complexity index is 1420. The summed E-state index contributed by atoms with van der Waals surface area (Å²) in [6.07, 6.45) is 7.00. The molecule has 3 aliphatic rings. The first-order valence-electron chi connectivity index (χ1n) is 16.0. The number of ether oxygens (including phenoxy) is 3. The molecule has 234 valence electrons. The van der Waals surface area contributed by atoms with Gasteiger partial charge in [-0.25, -0.2) is 4.79 Å². The number of amides is 2. The summed E-state index contributed by atoms with van der Waals surface area (Å²) >= 11 is 0. The van der Waals surface area contributed by atoms with Crippen molar-refractivity contribution < 1.29 is 19.0 Å². The highest BCUT2D eigenvalue weighted by Crippen LogP contribution is 2.51. The number of benzene rings is 3. The van der Waals surface area contributed by atoms with Crippen LogP contribution >= 0.6 is 0 Å². The normalized spacial score (nSPS) is 24.5. The van der Waals surface area contributed by atoms with E-state index in [1.54, 1.807) is 14.2 Å². The monoisotopic (exact) mass is 597 g/mol. The molecule has 7 nitrogen and oxygen atoms in total. The molecule has 1 aliphatic heterocycles. The smallest absolute Gasteiger partial charge is 0.321 e. The van der Waals surface area contributed by atoms with Crippen molar-refractivity contribution in [2.75, 3.05) is 41.4 Å². The van der Waals surface area contributed by atoms with Crippen LogP contribution in [0.15, 0.2) is 78.9 Å². The van der Waals surface area contributed by atoms with E-state index in [2.05, 4.69) is 83.4 Å². The average Bonchev–Trinajstić information content (AvgIpc) is 3.28. The number of hydrogen-bond donors (Lipinski definition) is 0. The van der Waals surface area contributed by atoms with Crippen LogP contribution in [0.4, 0.5) is 4.79 Å². The fourth-order valence-electron chi connectivity index (χ4n) is 7.76. The summed E-state index contributed by atoms with van der Waals surface area (Å²) in [5.41, 5.74) is 2.99. The Morgan fingerprint density at radius 3 is 2.02 bits per heavy atom. The Labute approximate surface area is 262 Å². The molecule has 0 N–H and O–H groups in total. The molecule has 7 heteroatoms. The van der Waals surface area contributed by atoms with Crippen molar-refractivity contribution in [3.8, 4) is 11.5 Å². The summed E-state index contributed by atoms with van der Waals surface area (Å²) in [7, 11) is 7.70. The van der Waals surface area contributed by atoms with Crippen LogP contribution in [0.5, 0.6) is 11.5 Å². The Kier molecular flexibility index (Phi) is 8.62. The minimum absolute atomic E-state index is 0.0457. The molecule has 1 spiro atoms. The van der Waals surface area contributed by atoms with Gasteiger partial charge in [0.25, 0.3) is 0 Å². The minimum Gasteiger partial charge on any atom is -0.493 e. The lowest BCUT2D eigenvalue weighted by Crippen LogP contribution is -2.60. The molecule has 0 unspecified atom stereocenters. The van der Waals surface area contributed by atoms with Gasteiger partial charge in [-0.05, 0) is 87.9 Å². The van der Waals surface area contributed by atoms with Crippen molar-refractivity contribution in [2.45, 2.75) is 74.8 Å². The van der Waals surface area contributed by atoms with E-state index in [0.717, 1.165) is 50.5 Å². The van der Waals surface area contributed by atoms with Crippen LogP contribution in [-0.2, 0) is 23.4 Å². The van der Waals surface area contributed by atoms with Crippen molar-refractivity contribution in [1.29, 1.82) is 0 Å². The molecule has 3 aromatic carbocycles. The summed E-state index contributed by atoms with van der Waals surface area (Å²) < 4.78 is 17.7. The topological polar surface area (TPSA) is 54.5 Å². The van der Waals surface area contributed by atoms with Gasteiger partial charge >= 0.3 is 6.03 Å². The van der Waals surface area contributed by atoms with Crippen LogP contribution in [0.3, 0.4) is 0 Å². The Morgan fingerprint density at radius 2 is 1.43 bits per heavy atom. The van der Waals surface area contributed by atoms with Crippen molar-refractivity contribution in [3.63, 3.8) is 0 Å². The molecule has 3 aromatic rings. The molecular formula is C37H47N3O4. The second kappa shape index (κ2) is 12.4. The number of urea groups is 1. The molecule has 0 bridgehead atoms. The molecular weight excluding hydrogens is 550 g/mol. The van der Waals surface area contributed by atoms with E-state index in [4.69, 9.17) is 14.2 Å². The maximum absolute atomic E-state index is 14.4. The van der Waals surface area contributed by atoms with E-state index >= 15 is 0 Å². The lowest BCUT2D eigenvalue weighted by molar-refractivity contribution is -0.130. The van der Waals surface area contributed by atoms with Gasteiger partial charge in [-0.15, -0.1) is 0 Å². The van der Waals surface area contributed by atoms with E-state index in [9.17, 15) is 4.79 Å². The quantitative estimate of drug-likeness (QED) is 0.242. The molecule has 2 saturated carbocycles. The van der Waals surface area contributed by atoms with E-state index in [-0.39, 0.29) is 22.7 Å². The fraction of sp³-hybridized carbons (Fsp3) is 0.486. The largest absolute Gasteiger partial charge is 0.493 e. The first-order chi connectivity index (χ1) is 21.3. The van der Waals surface area contributed by atoms with E-state index in [1.807, 2.05) is 24.3 Å². The number of rotatable bonds is 11. The van der Waals surface area contributed by atoms with Crippen LogP contribution in [0.25, 0.3) is 0 Å². The fourth-order valence-corrected chi connectivity index (χ4v) is 7.76. The second-order valence-electron chi connectivity index (χ2n) is 13.2. The standard InChI is InChI=1S/C37H47N3O4/c1-38(2)37(31-14-9-6-10-15-31)22-20-35(21-23-37)27-39(25-30-16-17-32(42-3)33(24-30)43-4)34(41)40(35)28-36(18-11-19-36)44-26-29-12-7-5-8-13-29/h5-10,12-17,24H,11,18-23,25-28H2,1-4H3/t35-,37+. The van der Waals surface area contributed by atoms with Crippen molar-refractivity contribution >= 4 is 6.03 Å². The van der Waals surface area contributed by atoms with Gasteiger partial charge in [0.15, 0.2) is 11.5 Å². The summed E-state index contributed by atoms with van der Waals surface area (Å²) in [6.45, 7) is 2.46. The van der Waals surface area contributed by atoms with Crippen molar-refractivity contribution in [2.24, 2.45) is 0 Å². The minimum atomic E-state index is -0.298. The zero-order valence-electron chi connectivity index (χ0n) is 26.8. The molecule has 0 aromatic heterocycles. The number of carbonyl (C=O) groups excluding carboxylic acids is 1. The van der Waals surface area contributed by atoms with Crippen molar-refractivity contribution in [3.05, 3.63) is 95.6 Å². The van der Waals surface area contributed by atoms with Crippen LogP contribution < -0.4 is 9.47 Å². The highest BCUT2D eigenvalue weighted by atomic mass is 16.5. The Morgan fingerprint density at radius 1 is 0.773 bits per heavy atom. The van der Waals surface area contributed by atoms with Gasteiger partial charge in [0, 0.05) is 18.6 Å². The molecule has 3 fully saturated rings. The molecule has 0 radical (unpaired) electrons. The lowest BCUT2D eigenvalue weighted by atomic mass is 9.67. The molecule has 6 rings (SSSR count).